The van der Waals surface area contributed by atoms with Crippen molar-refractivity contribution < 1.29 is 9.69 Å². The Kier molecular flexibility index (Phi) is 4.70. The molecule has 0 aliphatic carbocycles. The van der Waals surface area contributed by atoms with Gasteiger partial charge in [0.2, 0.25) is 0 Å². The van der Waals surface area contributed by atoms with E-state index in [-0.39, 0.29) is 5.91 Å². The normalized spacial score (nSPS) is 15.8. The first-order valence-corrected chi connectivity index (χ1v) is 8.44. The molecule has 1 fully saturated rings. The fourth-order valence-electron chi connectivity index (χ4n) is 2.83. The van der Waals surface area contributed by atoms with E-state index in [4.69, 9.17) is 0 Å². The largest absolute Gasteiger partial charge is 0.360 e. The average Bonchev–Trinajstić information content (AvgIpc) is 3.01. The molecule has 1 amide bonds. The van der Waals surface area contributed by atoms with Gasteiger partial charge < -0.3 is 9.80 Å². The first-order chi connectivity index (χ1) is 10.7. The summed E-state index contributed by atoms with van der Waals surface area (Å²) in [7, 11) is 0. The Morgan fingerprint density at radius 3 is 2.82 bits per heavy atom. The van der Waals surface area contributed by atoms with Gasteiger partial charge in [0.05, 0.1) is 26.2 Å². The number of amides is 1. The van der Waals surface area contributed by atoms with Gasteiger partial charge in [-0.15, -0.1) is 11.3 Å². The minimum absolute atomic E-state index is 0.0503. The number of nitrogens with zero attached hydrogens (tertiary/aromatic N) is 2. The first kappa shape index (κ1) is 15.0. The molecule has 0 bridgehead atoms. The smallest absolute Gasteiger partial charge is 0.281 e. The standard InChI is InChI=1S/C16H20N4OS/c1-13-4-2-3-5-14(13)20-9-7-19(8-10-20)12-15(21)18-16-17-6-11-22-16/h2-6,11H,7-10,12H2,1H3,(H,17,18,21)/p+1. The Bertz CT molecular complexity index is 621. The highest BCUT2D eigenvalue weighted by molar-refractivity contribution is 7.13. The van der Waals surface area contributed by atoms with Gasteiger partial charge in [-0.25, -0.2) is 4.98 Å². The lowest BCUT2D eigenvalue weighted by atomic mass is 10.1. The summed E-state index contributed by atoms with van der Waals surface area (Å²) in [6.45, 7) is 6.62. The van der Waals surface area contributed by atoms with E-state index in [2.05, 4.69) is 46.4 Å². The molecule has 116 valence electrons. The maximum absolute atomic E-state index is 12.0. The molecule has 0 unspecified atom stereocenters. The van der Waals surface area contributed by atoms with Crippen LogP contribution in [0.3, 0.4) is 0 Å². The molecule has 1 aromatic carbocycles. The van der Waals surface area contributed by atoms with Crippen LogP contribution >= 0.6 is 11.3 Å². The minimum atomic E-state index is 0.0503. The van der Waals surface area contributed by atoms with Gasteiger partial charge in [0.15, 0.2) is 11.7 Å². The second kappa shape index (κ2) is 6.89. The van der Waals surface area contributed by atoms with Gasteiger partial charge >= 0.3 is 0 Å². The summed E-state index contributed by atoms with van der Waals surface area (Å²) in [5.41, 5.74) is 2.63. The average molecular weight is 317 g/mol. The number of nitrogens with one attached hydrogen (secondary N) is 2. The van der Waals surface area contributed by atoms with Crippen molar-refractivity contribution in [3.05, 3.63) is 41.4 Å². The zero-order chi connectivity index (χ0) is 15.4. The lowest BCUT2D eigenvalue weighted by Crippen LogP contribution is -3.15. The van der Waals surface area contributed by atoms with E-state index in [1.807, 2.05) is 5.38 Å². The zero-order valence-corrected chi connectivity index (χ0v) is 13.5. The lowest BCUT2D eigenvalue weighted by Gasteiger charge is -2.34. The van der Waals surface area contributed by atoms with Gasteiger partial charge in [-0.2, -0.15) is 0 Å². The monoisotopic (exact) mass is 317 g/mol. The molecule has 0 atom stereocenters. The van der Waals surface area contributed by atoms with Crippen LogP contribution in [-0.2, 0) is 4.79 Å². The molecular formula is C16H21N4OS+. The molecule has 1 aliphatic heterocycles. The molecular weight excluding hydrogens is 296 g/mol. The molecule has 2 N–H and O–H groups in total. The van der Waals surface area contributed by atoms with Gasteiger partial charge in [-0.1, -0.05) is 18.2 Å². The van der Waals surface area contributed by atoms with E-state index in [0.717, 1.165) is 26.2 Å². The summed E-state index contributed by atoms with van der Waals surface area (Å²) < 4.78 is 0. The molecule has 3 rings (SSSR count). The van der Waals surface area contributed by atoms with Crippen LogP contribution in [0.1, 0.15) is 5.56 Å². The molecule has 2 aromatic rings. The van der Waals surface area contributed by atoms with Crippen molar-refractivity contribution in [3.63, 3.8) is 0 Å². The Labute approximate surface area is 134 Å². The van der Waals surface area contributed by atoms with Crippen molar-refractivity contribution in [2.24, 2.45) is 0 Å². The number of hydrogen-bond acceptors (Lipinski definition) is 4. The third kappa shape index (κ3) is 3.64. The Balaban J connectivity index is 1.49. The summed E-state index contributed by atoms with van der Waals surface area (Å²) >= 11 is 1.45. The van der Waals surface area contributed by atoms with Crippen molar-refractivity contribution in [3.8, 4) is 0 Å². The third-order valence-electron chi connectivity index (χ3n) is 4.02. The second-order valence-electron chi connectivity index (χ2n) is 5.59. The molecule has 6 heteroatoms. The number of benzene rings is 1. The minimum Gasteiger partial charge on any atom is -0.360 e. The Morgan fingerprint density at radius 2 is 2.14 bits per heavy atom. The van der Waals surface area contributed by atoms with Gasteiger partial charge in [-0.05, 0) is 18.6 Å². The van der Waals surface area contributed by atoms with E-state index < -0.39 is 0 Å². The number of anilines is 2. The summed E-state index contributed by atoms with van der Waals surface area (Å²) in [5.74, 6) is 0.0503. The van der Waals surface area contributed by atoms with Crippen molar-refractivity contribution in [2.45, 2.75) is 6.92 Å². The van der Waals surface area contributed by atoms with Crippen molar-refractivity contribution >= 4 is 28.1 Å². The van der Waals surface area contributed by atoms with Crippen LogP contribution in [0.2, 0.25) is 0 Å². The predicted molar refractivity (Wildman–Crippen MR) is 89.7 cm³/mol. The SMILES string of the molecule is Cc1ccccc1N1CC[NH+](CC(=O)Nc2nccs2)CC1. The van der Waals surface area contributed by atoms with Crippen LogP contribution < -0.4 is 15.1 Å². The van der Waals surface area contributed by atoms with Gasteiger partial charge in [0, 0.05) is 17.3 Å². The molecule has 0 radical (unpaired) electrons. The molecule has 0 spiro atoms. The summed E-state index contributed by atoms with van der Waals surface area (Å²) in [6, 6.07) is 8.48. The van der Waals surface area contributed by atoms with Crippen molar-refractivity contribution in [1.29, 1.82) is 0 Å². The van der Waals surface area contributed by atoms with Crippen LogP contribution in [0.5, 0.6) is 0 Å². The predicted octanol–water partition coefficient (Wildman–Crippen LogP) is 0.795. The fourth-order valence-corrected chi connectivity index (χ4v) is 3.38. The van der Waals surface area contributed by atoms with Crippen LogP contribution in [-0.4, -0.2) is 43.6 Å². The number of para-hydroxylation sites is 1. The third-order valence-corrected chi connectivity index (χ3v) is 4.70. The van der Waals surface area contributed by atoms with E-state index in [9.17, 15) is 4.79 Å². The summed E-state index contributed by atoms with van der Waals surface area (Å²) in [4.78, 5) is 19.8. The highest BCUT2D eigenvalue weighted by Gasteiger charge is 2.23. The molecule has 1 saturated heterocycles. The van der Waals surface area contributed by atoms with E-state index in [0.29, 0.717) is 11.7 Å². The Morgan fingerprint density at radius 1 is 1.36 bits per heavy atom. The number of aromatic nitrogens is 1. The van der Waals surface area contributed by atoms with Crippen LogP contribution in [0, 0.1) is 6.92 Å². The number of thiazole rings is 1. The highest BCUT2D eigenvalue weighted by Crippen LogP contribution is 2.18. The maximum atomic E-state index is 12.0. The van der Waals surface area contributed by atoms with Crippen LogP contribution in [0.25, 0.3) is 0 Å². The quantitative estimate of drug-likeness (QED) is 0.877. The van der Waals surface area contributed by atoms with E-state index in [1.165, 1.54) is 27.5 Å². The number of hydrogen-bond donors (Lipinski definition) is 2. The van der Waals surface area contributed by atoms with Crippen LogP contribution in [0.15, 0.2) is 35.8 Å². The zero-order valence-electron chi connectivity index (χ0n) is 12.7. The maximum Gasteiger partial charge on any atom is 0.281 e. The number of aryl methyl sites for hydroxylation is 1. The van der Waals surface area contributed by atoms with E-state index in [1.54, 1.807) is 6.20 Å². The fraction of sp³-hybridized carbons (Fsp3) is 0.375. The molecule has 0 saturated carbocycles. The topological polar surface area (TPSA) is 49.7 Å². The number of piperazine rings is 1. The number of carbonyl (C=O) groups is 1. The lowest BCUT2D eigenvalue weighted by molar-refractivity contribution is -0.892. The summed E-state index contributed by atoms with van der Waals surface area (Å²) in [5, 5.41) is 5.40. The number of carbonyl (C=O) groups excluding carboxylic acids is 1. The highest BCUT2D eigenvalue weighted by atomic mass is 32.1. The van der Waals surface area contributed by atoms with Crippen molar-refractivity contribution in [1.82, 2.24) is 4.98 Å². The van der Waals surface area contributed by atoms with Crippen molar-refractivity contribution in [2.75, 3.05) is 42.9 Å². The second-order valence-corrected chi connectivity index (χ2v) is 6.48. The summed E-state index contributed by atoms with van der Waals surface area (Å²) in [6.07, 6.45) is 1.70. The molecule has 5 nitrogen and oxygen atoms in total. The van der Waals surface area contributed by atoms with Gasteiger partial charge in [-0.3, -0.25) is 10.1 Å². The first-order valence-electron chi connectivity index (χ1n) is 7.56. The van der Waals surface area contributed by atoms with Crippen LogP contribution in [0.4, 0.5) is 10.8 Å². The Hall–Kier alpha value is -1.92. The van der Waals surface area contributed by atoms with Gasteiger partial charge in [0.1, 0.15) is 0 Å². The molecule has 1 aliphatic rings. The molecule has 22 heavy (non-hydrogen) atoms. The molecule has 1 aromatic heterocycles. The molecule has 2 heterocycles. The number of quaternary nitrogens is 1. The van der Waals surface area contributed by atoms with Gasteiger partial charge in [0.25, 0.3) is 5.91 Å². The number of rotatable bonds is 4. The van der Waals surface area contributed by atoms with E-state index >= 15 is 0 Å².